The summed E-state index contributed by atoms with van der Waals surface area (Å²) in [6.45, 7) is 6.27. The van der Waals surface area contributed by atoms with E-state index in [2.05, 4.69) is 10.3 Å². The van der Waals surface area contributed by atoms with Crippen molar-refractivity contribution in [2.24, 2.45) is 0 Å². The van der Waals surface area contributed by atoms with Crippen LogP contribution < -0.4 is 5.32 Å². The second kappa shape index (κ2) is 5.82. The van der Waals surface area contributed by atoms with Gasteiger partial charge in [0.25, 0.3) is 5.91 Å². The number of aliphatic hydroxyl groups is 1. The zero-order valence-corrected chi connectivity index (χ0v) is 11.4. The Morgan fingerprint density at radius 3 is 2.78 bits per heavy atom. The Balaban J connectivity index is 2.93. The zero-order valence-electron chi connectivity index (χ0n) is 11.4. The number of aromatic nitrogens is 1. The normalized spacial score (nSPS) is 11.2. The maximum absolute atomic E-state index is 12.3. The molecule has 0 aliphatic carbocycles. The van der Waals surface area contributed by atoms with Crippen molar-refractivity contribution in [2.75, 3.05) is 25.5 Å². The number of likely N-dealkylation sites (N-methyl/N-ethyl adjacent to an activating group) is 1. The molecule has 0 saturated heterocycles. The molecule has 1 rings (SSSR count). The van der Waals surface area contributed by atoms with Gasteiger partial charge in [0, 0.05) is 25.4 Å². The highest BCUT2D eigenvalue weighted by atomic mass is 16.3. The van der Waals surface area contributed by atoms with Crippen LogP contribution in [0.1, 0.15) is 31.1 Å². The minimum Gasteiger partial charge on any atom is -0.394 e. The summed E-state index contributed by atoms with van der Waals surface area (Å²) in [6, 6.07) is 3.39. The molecule has 0 atom stereocenters. The van der Waals surface area contributed by atoms with Gasteiger partial charge in [0.2, 0.25) is 0 Å². The lowest BCUT2D eigenvalue weighted by Gasteiger charge is -2.34. The van der Waals surface area contributed by atoms with Crippen molar-refractivity contribution in [3.63, 3.8) is 0 Å². The maximum Gasteiger partial charge on any atom is 0.254 e. The fourth-order valence-electron chi connectivity index (χ4n) is 1.42. The Hall–Kier alpha value is -1.62. The largest absolute Gasteiger partial charge is 0.394 e. The number of aliphatic hydroxyl groups excluding tert-OH is 1. The Labute approximate surface area is 108 Å². The van der Waals surface area contributed by atoms with Gasteiger partial charge in [0.15, 0.2) is 0 Å². The minimum absolute atomic E-state index is 0.0829. The molecular weight excluding hydrogens is 230 g/mol. The van der Waals surface area contributed by atoms with Gasteiger partial charge in [0.1, 0.15) is 5.82 Å². The highest BCUT2D eigenvalue weighted by Crippen LogP contribution is 2.16. The van der Waals surface area contributed by atoms with E-state index in [0.29, 0.717) is 11.4 Å². The standard InChI is InChI=1S/C13H21N3O2/c1-5-14-11-8-10(6-7-15-11)12(18)16(4)13(2,3)9-17/h6-8,17H,5,9H2,1-4H3,(H,14,15). The predicted molar refractivity (Wildman–Crippen MR) is 71.7 cm³/mol. The van der Waals surface area contributed by atoms with Gasteiger partial charge in [-0.25, -0.2) is 4.98 Å². The Kier molecular flexibility index (Phi) is 4.67. The lowest BCUT2D eigenvalue weighted by molar-refractivity contribution is 0.0473. The monoisotopic (exact) mass is 251 g/mol. The lowest BCUT2D eigenvalue weighted by Crippen LogP contribution is -2.47. The molecule has 1 heterocycles. The van der Waals surface area contributed by atoms with Gasteiger partial charge in [-0.15, -0.1) is 0 Å². The third-order valence-electron chi connectivity index (χ3n) is 2.96. The van der Waals surface area contributed by atoms with Crippen LogP contribution in [0.2, 0.25) is 0 Å². The zero-order chi connectivity index (χ0) is 13.8. The number of amides is 1. The van der Waals surface area contributed by atoms with Crippen LogP contribution in [0.3, 0.4) is 0 Å². The highest BCUT2D eigenvalue weighted by molar-refractivity contribution is 5.95. The first-order chi connectivity index (χ1) is 8.42. The lowest BCUT2D eigenvalue weighted by atomic mass is 10.0. The molecule has 1 amide bonds. The highest BCUT2D eigenvalue weighted by Gasteiger charge is 2.27. The van der Waals surface area contributed by atoms with Crippen LogP contribution in [0.15, 0.2) is 18.3 Å². The average Bonchev–Trinajstić information content (AvgIpc) is 2.37. The van der Waals surface area contributed by atoms with Gasteiger partial charge in [-0.2, -0.15) is 0 Å². The van der Waals surface area contributed by atoms with Crippen LogP contribution in [-0.2, 0) is 0 Å². The van der Waals surface area contributed by atoms with Crippen LogP contribution in [0.5, 0.6) is 0 Å². The van der Waals surface area contributed by atoms with E-state index >= 15 is 0 Å². The summed E-state index contributed by atoms with van der Waals surface area (Å²) in [5.41, 5.74) is -0.0245. The quantitative estimate of drug-likeness (QED) is 0.829. The summed E-state index contributed by atoms with van der Waals surface area (Å²) in [7, 11) is 1.69. The number of hydrogen-bond acceptors (Lipinski definition) is 4. The predicted octanol–water partition coefficient (Wildman–Crippen LogP) is 1.36. The number of carbonyl (C=O) groups is 1. The summed E-state index contributed by atoms with van der Waals surface area (Å²) in [6.07, 6.45) is 1.60. The van der Waals surface area contributed by atoms with Crippen molar-refractivity contribution in [2.45, 2.75) is 26.3 Å². The van der Waals surface area contributed by atoms with E-state index in [4.69, 9.17) is 0 Å². The molecule has 0 aliphatic rings. The second-order valence-electron chi connectivity index (χ2n) is 4.79. The molecule has 2 N–H and O–H groups in total. The van der Waals surface area contributed by atoms with Crippen molar-refractivity contribution < 1.29 is 9.90 Å². The molecular formula is C13H21N3O2. The van der Waals surface area contributed by atoms with Crippen molar-refractivity contribution in [3.8, 4) is 0 Å². The number of nitrogens with zero attached hydrogens (tertiary/aromatic N) is 2. The van der Waals surface area contributed by atoms with E-state index in [1.807, 2.05) is 20.8 Å². The molecule has 0 radical (unpaired) electrons. The van der Waals surface area contributed by atoms with Crippen LogP contribution >= 0.6 is 0 Å². The van der Waals surface area contributed by atoms with Crippen LogP contribution in [0.25, 0.3) is 0 Å². The molecule has 5 nitrogen and oxygen atoms in total. The van der Waals surface area contributed by atoms with Gasteiger partial charge in [-0.1, -0.05) is 0 Å². The molecule has 100 valence electrons. The second-order valence-corrected chi connectivity index (χ2v) is 4.79. The number of rotatable bonds is 5. The third-order valence-corrected chi connectivity index (χ3v) is 2.96. The summed E-state index contributed by atoms with van der Waals surface area (Å²) < 4.78 is 0. The molecule has 5 heteroatoms. The molecule has 0 aromatic carbocycles. The molecule has 0 aliphatic heterocycles. The smallest absolute Gasteiger partial charge is 0.254 e. The van der Waals surface area contributed by atoms with E-state index in [9.17, 15) is 9.90 Å². The van der Waals surface area contributed by atoms with Gasteiger partial charge < -0.3 is 15.3 Å². The fraction of sp³-hybridized carbons (Fsp3) is 0.538. The van der Waals surface area contributed by atoms with Crippen molar-refractivity contribution in [3.05, 3.63) is 23.9 Å². The molecule has 0 unspecified atom stereocenters. The van der Waals surface area contributed by atoms with E-state index in [-0.39, 0.29) is 12.5 Å². The SMILES string of the molecule is CCNc1cc(C(=O)N(C)C(C)(C)CO)ccn1. The van der Waals surface area contributed by atoms with Crippen LogP contribution in [0.4, 0.5) is 5.82 Å². The maximum atomic E-state index is 12.3. The molecule has 18 heavy (non-hydrogen) atoms. The fourth-order valence-corrected chi connectivity index (χ4v) is 1.42. The number of nitrogens with one attached hydrogen (secondary N) is 1. The van der Waals surface area contributed by atoms with Gasteiger partial charge in [-0.05, 0) is 32.9 Å². The third kappa shape index (κ3) is 3.20. The first kappa shape index (κ1) is 14.4. The summed E-state index contributed by atoms with van der Waals surface area (Å²) in [5.74, 6) is 0.550. The molecule has 0 saturated carbocycles. The van der Waals surface area contributed by atoms with Gasteiger partial charge >= 0.3 is 0 Å². The number of carbonyl (C=O) groups excluding carboxylic acids is 1. The van der Waals surface area contributed by atoms with E-state index in [1.54, 1.807) is 25.4 Å². The average molecular weight is 251 g/mol. The van der Waals surface area contributed by atoms with Crippen molar-refractivity contribution in [1.29, 1.82) is 0 Å². The van der Waals surface area contributed by atoms with E-state index < -0.39 is 5.54 Å². The number of pyridine rings is 1. The molecule has 0 spiro atoms. The molecule has 1 aromatic heterocycles. The van der Waals surface area contributed by atoms with E-state index in [0.717, 1.165) is 6.54 Å². The summed E-state index contributed by atoms with van der Waals surface area (Å²) in [5, 5.41) is 12.3. The van der Waals surface area contributed by atoms with E-state index in [1.165, 1.54) is 4.90 Å². The van der Waals surface area contributed by atoms with Gasteiger partial charge in [0.05, 0.1) is 12.1 Å². The number of hydrogen-bond donors (Lipinski definition) is 2. The minimum atomic E-state index is -0.585. The number of anilines is 1. The topological polar surface area (TPSA) is 65.5 Å². The Morgan fingerprint density at radius 2 is 2.22 bits per heavy atom. The first-order valence-electron chi connectivity index (χ1n) is 6.01. The molecule has 0 fully saturated rings. The van der Waals surface area contributed by atoms with Crippen molar-refractivity contribution in [1.82, 2.24) is 9.88 Å². The Bertz CT molecular complexity index is 418. The summed E-state index contributed by atoms with van der Waals surface area (Å²) in [4.78, 5) is 17.9. The summed E-state index contributed by atoms with van der Waals surface area (Å²) >= 11 is 0. The van der Waals surface area contributed by atoms with Crippen LogP contribution in [-0.4, -0.2) is 46.6 Å². The van der Waals surface area contributed by atoms with Gasteiger partial charge in [-0.3, -0.25) is 4.79 Å². The Morgan fingerprint density at radius 1 is 1.56 bits per heavy atom. The van der Waals surface area contributed by atoms with Crippen molar-refractivity contribution >= 4 is 11.7 Å². The molecule has 0 bridgehead atoms. The first-order valence-corrected chi connectivity index (χ1v) is 6.01. The molecule has 1 aromatic rings. The van der Waals surface area contributed by atoms with Crippen LogP contribution in [0, 0.1) is 0 Å².